The van der Waals surface area contributed by atoms with E-state index in [4.69, 9.17) is 0 Å². The van der Waals surface area contributed by atoms with Crippen molar-refractivity contribution in [2.45, 2.75) is 45.2 Å². The van der Waals surface area contributed by atoms with Crippen molar-refractivity contribution in [3.63, 3.8) is 0 Å². The van der Waals surface area contributed by atoms with Crippen LogP contribution < -0.4 is 10.2 Å². The van der Waals surface area contributed by atoms with E-state index in [1.165, 1.54) is 53.3 Å². The summed E-state index contributed by atoms with van der Waals surface area (Å²) in [5, 5.41) is 6.12. The second kappa shape index (κ2) is 9.52. The van der Waals surface area contributed by atoms with Crippen molar-refractivity contribution in [1.82, 2.24) is 10.3 Å². The molecule has 3 aromatic rings. The van der Waals surface area contributed by atoms with Gasteiger partial charge in [-0.3, -0.25) is 4.98 Å². The number of fused-ring (bicyclic) bond motifs is 1. The minimum Gasteiger partial charge on any atom is -0.378 e. The van der Waals surface area contributed by atoms with E-state index >= 15 is 0 Å². The third kappa shape index (κ3) is 5.80. The van der Waals surface area contributed by atoms with Crippen LogP contribution in [0.2, 0.25) is 0 Å². The van der Waals surface area contributed by atoms with Crippen LogP contribution in [0.3, 0.4) is 0 Å². The first-order valence-corrected chi connectivity index (χ1v) is 9.94. The number of nitrogens with zero attached hydrogens (tertiary/aromatic N) is 2. The summed E-state index contributed by atoms with van der Waals surface area (Å²) in [5.41, 5.74) is 4.04. The molecule has 0 unspecified atom stereocenters. The molecule has 0 saturated carbocycles. The highest BCUT2D eigenvalue weighted by atomic mass is 15.1. The highest BCUT2D eigenvalue weighted by Crippen LogP contribution is 2.16. The summed E-state index contributed by atoms with van der Waals surface area (Å²) in [6, 6.07) is 18.2. The molecule has 0 aliphatic heterocycles. The van der Waals surface area contributed by atoms with E-state index in [0.717, 1.165) is 6.54 Å². The Kier molecular flexibility index (Phi) is 6.83. The number of benzene rings is 2. The molecule has 0 radical (unpaired) electrons. The predicted octanol–water partition coefficient (Wildman–Crippen LogP) is 5.19. The van der Waals surface area contributed by atoms with Crippen LogP contribution in [0.4, 0.5) is 5.69 Å². The van der Waals surface area contributed by atoms with E-state index in [9.17, 15) is 0 Å². The molecule has 2 aromatic carbocycles. The maximum atomic E-state index is 4.17. The zero-order valence-corrected chi connectivity index (χ0v) is 16.8. The second-order valence-electron chi connectivity index (χ2n) is 7.65. The van der Waals surface area contributed by atoms with Crippen molar-refractivity contribution < 1.29 is 0 Å². The fourth-order valence-electron chi connectivity index (χ4n) is 3.38. The second-order valence-corrected chi connectivity index (χ2v) is 7.65. The van der Waals surface area contributed by atoms with Crippen molar-refractivity contribution in [2.24, 2.45) is 0 Å². The number of anilines is 1. The molecule has 0 amide bonds. The van der Waals surface area contributed by atoms with Crippen molar-refractivity contribution in [3.8, 4) is 0 Å². The van der Waals surface area contributed by atoms with Crippen molar-refractivity contribution in [3.05, 3.63) is 72.1 Å². The Bertz CT molecular complexity index is 840. The van der Waals surface area contributed by atoms with Crippen LogP contribution >= 0.6 is 0 Å². The van der Waals surface area contributed by atoms with Gasteiger partial charge in [-0.15, -0.1) is 0 Å². The fourth-order valence-corrected chi connectivity index (χ4v) is 3.38. The smallest absolute Gasteiger partial charge is 0.0361 e. The summed E-state index contributed by atoms with van der Waals surface area (Å²) in [5.74, 6) is 0. The highest BCUT2D eigenvalue weighted by Gasteiger charge is 2.03. The molecular weight excluding hydrogens is 330 g/mol. The number of hydrogen-bond donors (Lipinski definition) is 1. The number of nitrogens with one attached hydrogen (secondary N) is 1. The lowest BCUT2D eigenvalue weighted by Gasteiger charge is -2.15. The minimum atomic E-state index is 0.536. The Labute approximate surface area is 163 Å². The monoisotopic (exact) mass is 361 g/mol. The molecule has 0 bridgehead atoms. The molecule has 142 valence electrons. The topological polar surface area (TPSA) is 28.2 Å². The van der Waals surface area contributed by atoms with Gasteiger partial charge in [0.15, 0.2) is 0 Å². The van der Waals surface area contributed by atoms with Crippen LogP contribution in [0.5, 0.6) is 0 Å². The normalized spacial score (nSPS) is 12.3. The van der Waals surface area contributed by atoms with Gasteiger partial charge in [0.2, 0.25) is 0 Å². The number of pyridine rings is 1. The first-order valence-electron chi connectivity index (χ1n) is 9.94. The van der Waals surface area contributed by atoms with E-state index in [2.05, 4.69) is 84.8 Å². The average molecular weight is 362 g/mol. The zero-order chi connectivity index (χ0) is 19.1. The lowest BCUT2D eigenvalue weighted by atomic mass is 10.0. The van der Waals surface area contributed by atoms with Gasteiger partial charge in [0.05, 0.1) is 0 Å². The molecule has 1 N–H and O–H groups in total. The summed E-state index contributed by atoms with van der Waals surface area (Å²) in [4.78, 5) is 6.32. The Morgan fingerprint density at radius 3 is 2.48 bits per heavy atom. The maximum absolute atomic E-state index is 4.17. The van der Waals surface area contributed by atoms with Gasteiger partial charge in [0.25, 0.3) is 0 Å². The van der Waals surface area contributed by atoms with Crippen LogP contribution in [-0.4, -0.2) is 25.1 Å². The Morgan fingerprint density at radius 2 is 1.70 bits per heavy atom. The quantitative estimate of drug-likeness (QED) is 0.532. The molecule has 0 fully saturated rings. The lowest BCUT2D eigenvalue weighted by Crippen LogP contribution is -2.25. The average Bonchev–Trinajstić information content (AvgIpc) is 2.70. The molecule has 1 atom stereocenters. The molecular formula is C24H31N3. The first kappa shape index (κ1) is 19.4. The van der Waals surface area contributed by atoms with Crippen LogP contribution in [0.25, 0.3) is 10.8 Å². The van der Waals surface area contributed by atoms with E-state index in [-0.39, 0.29) is 0 Å². The standard InChI is InChI=1S/C24H31N3/c1-19(6-4-5-7-20-9-12-24(13-10-20)27(2)3)26-17-21-8-11-23-18-25-15-14-22(23)16-21/h8-16,18-19,26H,4-7,17H2,1-3H3/t19-/m1/s1. The van der Waals surface area contributed by atoms with Crippen LogP contribution in [0.15, 0.2) is 60.9 Å². The molecule has 1 aromatic heterocycles. The number of aryl methyl sites for hydroxylation is 1. The van der Waals surface area contributed by atoms with Crippen LogP contribution in [0.1, 0.15) is 37.3 Å². The Morgan fingerprint density at radius 1 is 0.926 bits per heavy atom. The number of hydrogen-bond acceptors (Lipinski definition) is 3. The lowest BCUT2D eigenvalue weighted by molar-refractivity contribution is 0.489. The van der Waals surface area contributed by atoms with Gasteiger partial charge < -0.3 is 10.2 Å². The predicted molar refractivity (Wildman–Crippen MR) is 116 cm³/mol. The molecule has 0 spiro atoms. The van der Waals surface area contributed by atoms with Crippen LogP contribution in [0, 0.1) is 0 Å². The Hall–Kier alpha value is -2.39. The summed E-state index contributed by atoms with van der Waals surface area (Å²) in [7, 11) is 4.16. The van der Waals surface area contributed by atoms with Gasteiger partial charge in [-0.1, -0.05) is 30.7 Å². The molecule has 3 nitrogen and oxygen atoms in total. The Balaban J connectivity index is 1.37. The van der Waals surface area contributed by atoms with Gasteiger partial charge >= 0.3 is 0 Å². The largest absolute Gasteiger partial charge is 0.378 e. The third-order valence-corrected chi connectivity index (χ3v) is 5.16. The highest BCUT2D eigenvalue weighted by molar-refractivity contribution is 5.81. The van der Waals surface area contributed by atoms with Gasteiger partial charge in [-0.05, 0) is 67.0 Å². The van der Waals surface area contributed by atoms with Gasteiger partial charge in [-0.2, -0.15) is 0 Å². The molecule has 0 aliphatic carbocycles. The number of rotatable bonds is 9. The molecule has 0 saturated heterocycles. The van der Waals surface area contributed by atoms with E-state index in [0.29, 0.717) is 6.04 Å². The van der Waals surface area contributed by atoms with Gasteiger partial charge in [0.1, 0.15) is 0 Å². The number of aromatic nitrogens is 1. The third-order valence-electron chi connectivity index (χ3n) is 5.16. The molecule has 0 aliphatic rings. The van der Waals surface area contributed by atoms with Crippen molar-refractivity contribution in [2.75, 3.05) is 19.0 Å². The molecule has 3 heteroatoms. The van der Waals surface area contributed by atoms with E-state index < -0.39 is 0 Å². The summed E-state index contributed by atoms with van der Waals surface area (Å²) < 4.78 is 0. The summed E-state index contributed by atoms with van der Waals surface area (Å²) in [6.45, 7) is 3.21. The minimum absolute atomic E-state index is 0.536. The zero-order valence-electron chi connectivity index (χ0n) is 16.8. The van der Waals surface area contributed by atoms with E-state index in [1.54, 1.807) is 0 Å². The van der Waals surface area contributed by atoms with Crippen LogP contribution in [-0.2, 0) is 13.0 Å². The molecule has 1 heterocycles. The van der Waals surface area contributed by atoms with Crippen molar-refractivity contribution >= 4 is 16.5 Å². The fraction of sp³-hybridized carbons (Fsp3) is 0.375. The van der Waals surface area contributed by atoms with Gasteiger partial charge in [0, 0.05) is 50.1 Å². The first-order chi connectivity index (χ1) is 13.1. The SMILES string of the molecule is C[C@H](CCCCc1ccc(N(C)C)cc1)NCc1ccc2cnccc2c1. The van der Waals surface area contributed by atoms with Gasteiger partial charge in [-0.25, -0.2) is 0 Å². The maximum Gasteiger partial charge on any atom is 0.0361 e. The summed E-state index contributed by atoms with van der Waals surface area (Å²) in [6.07, 6.45) is 8.66. The molecule has 3 rings (SSSR count). The number of unbranched alkanes of at least 4 members (excludes halogenated alkanes) is 1. The molecule has 27 heavy (non-hydrogen) atoms. The van der Waals surface area contributed by atoms with E-state index in [1.807, 2.05) is 12.4 Å². The van der Waals surface area contributed by atoms with Crippen molar-refractivity contribution in [1.29, 1.82) is 0 Å². The summed E-state index contributed by atoms with van der Waals surface area (Å²) >= 11 is 0.